The molecule has 0 heterocycles. The Labute approximate surface area is 133 Å². The second kappa shape index (κ2) is 7.59. The molecule has 0 aliphatic carbocycles. The lowest BCUT2D eigenvalue weighted by molar-refractivity contribution is 0.0753. The standard InChI is InChI=1S/C14H19BrN2O2S/c1-4-17(8-9(2)13(16)20)14(18)11-7-10(19-3)5-6-12(11)15/h5-7,9H,4,8H2,1-3H3,(H2,16,20). The molecule has 0 saturated carbocycles. The number of methoxy groups -OCH3 is 1. The van der Waals surface area contributed by atoms with Crippen LogP contribution in [0.25, 0.3) is 0 Å². The maximum absolute atomic E-state index is 12.6. The lowest BCUT2D eigenvalue weighted by Crippen LogP contribution is -2.38. The topological polar surface area (TPSA) is 55.6 Å². The first-order valence-electron chi connectivity index (χ1n) is 6.32. The van der Waals surface area contributed by atoms with E-state index >= 15 is 0 Å². The van der Waals surface area contributed by atoms with Crippen molar-refractivity contribution >= 4 is 39.0 Å². The molecule has 0 radical (unpaired) electrons. The number of rotatable bonds is 6. The molecule has 0 aromatic heterocycles. The summed E-state index contributed by atoms with van der Waals surface area (Å²) in [4.78, 5) is 14.7. The first-order valence-corrected chi connectivity index (χ1v) is 7.53. The van der Waals surface area contributed by atoms with E-state index in [9.17, 15) is 4.79 Å². The minimum Gasteiger partial charge on any atom is -0.497 e. The summed E-state index contributed by atoms with van der Waals surface area (Å²) in [6, 6.07) is 5.33. The van der Waals surface area contributed by atoms with E-state index < -0.39 is 0 Å². The van der Waals surface area contributed by atoms with Gasteiger partial charge in [0.25, 0.3) is 5.91 Å². The van der Waals surface area contributed by atoms with Gasteiger partial charge in [0.15, 0.2) is 0 Å². The van der Waals surface area contributed by atoms with Gasteiger partial charge in [0.1, 0.15) is 5.75 Å². The Balaban J connectivity index is 2.99. The third kappa shape index (κ3) is 4.18. The van der Waals surface area contributed by atoms with Crippen LogP contribution in [0.1, 0.15) is 24.2 Å². The SMILES string of the molecule is CCN(CC(C)C(N)=S)C(=O)c1cc(OC)ccc1Br. The largest absolute Gasteiger partial charge is 0.497 e. The average Bonchev–Trinajstić information content (AvgIpc) is 2.44. The van der Waals surface area contributed by atoms with Crippen LogP contribution in [0.5, 0.6) is 5.75 Å². The van der Waals surface area contributed by atoms with Gasteiger partial charge in [0.05, 0.1) is 17.7 Å². The minimum absolute atomic E-state index is 0.0155. The Bertz CT molecular complexity index is 508. The summed E-state index contributed by atoms with van der Waals surface area (Å²) in [5.41, 5.74) is 6.19. The third-order valence-corrected chi connectivity index (χ3v) is 4.15. The molecule has 0 saturated heterocycles. The summed E-state index contributed by atoms with van der Waals surface area (Å²) < 4.78 is 5.90. The van der Waals surface area contributed by atoms with Crippen molar-refractivity contribution in [3.8, 4) is 5.75 Å². The zero-order valence-electron chi connectivity index (χ0n) is 11.9. The van der Waals surface area contributed by atoms with Gasteiger partial charge in [-0.2, -0.15) is 0 Å². The molecular formula is C14H19BrN2O2S. The zero-order chi connectivity index (χ0) is 15.3. The second-order valence-corrected chi connectivity index (χ2v) is 5.82. The van der Waals surface area contributed by atoms with E-state index in [1.54, 1.807) is 30.2 Å². The normalized spacial score (nSPS) is 11.8. The molecule has 20 heavy (non-hydrogen) atoms. The smallest absolute Gasteiger partial charge is 0.255 e. The van der Waals surface area contributed by atoms with Gasteiger partial charge in [-0.3, -0.25) is 4.79 Å². The monoisotopic (exact) mass is 358 g/mol. The van der Waals surface area contributed by atoms with Crippen LogP contribution in [-0.4, -0.2) is 36.0 Å². The van der Waals surface area contributed by atoms with Crippen molar-refractivity contribution in [1.82, 2.24) is 4.90 Å². The molecule has 1 aromatic rings. The van der Waals surface area contributed by atoms with Gasteiger partial charge in [-0.15, -0.1) is 0 Å². The number of thiocarbonyl (C=S) groups is 1. The number of amides is 1. The van der Waals surface area contributed by atoms with Gasteiger partial charge in [-0.25, -0.2) is 0 Å². The molecule has 0 bridgehead atoms. The molecule has 1 rings (SSSR count). The number of halogens is 1. The minimum atomic E-state index is -0.0682. The van der Waals surface area contributed by atoms with Gasteiger partial charge in [-0.05, 0) is 41.1 Å². The Morgan fingerprint density at radius 2 is 2.20 bits per heavy atom. The molecule has 0 fully saturated rings. The van der Waals surface area contributed by atoms with Gasteiger partial charge < -0.3 is 15.4 Å². The van der Waals surface area contributed by atoms with Crippen molar-refractivity contribution in [2.75, 3.05) is 20.2 Å². The summed E-state index contributed by atoms with van der Waals surface area (Å²) in [6.07, 6.45) is 0. The zero-order valence-corrected chi connectivity index (χ0v) is 14.3. The summed E-state index contributed by atoms with van der Waals surface area (Å²) in [6.45, 7) is 4.95. The summed E-state index contributed by atoms with van der Waals surface area (Å²) in [7, 11) is 1.57. The molecule has 4 nitrogen and oxygen atoms in total. The van der Waals surface area contributed by atoms with Gasteiger partial charge in [0.2, 0.25) is 0 Å². The molecule has 110 valence electrons. The average molecular weight is 359 g/mol. The lowest BCUT2D eigenvalue weighted by Gasteiger charge is -2.24. The van der Waals surface area contributed by atoms with E-state index in [-0.39, 0.29) is 11.8 Å². The Morgan fingerprint density at radius 3 is 2.70 bits per heavy atom. The van der Waals surface area contributed by atoms with E-state index in [2.05, 4.69) is 15.9 Å². The summed E-state index contributed by atoms with van der Waals surface area (Å²) >= 11 is 8.36. The fourth-order valence-electron chi connectivity index (χ4n) is 1.74. The van der Waals surface area contributed by atoms with Crippen molar-refractivity contribution in [2.24, 2.45) is 11.7 Å². The molecule has 1 aromatic carbocycles. The van der Waals surface area contributed by atoms with Crippen LogP contribution < -0.4 is 10.5 Å². The number of carbonyl (C=O) groups is 1. The van der Waals surface area contributed by atoms with E-state index in [4.69, 9.17) is 22.7 Å². The maximum Gasteiger partial charge on any atom is 0.255 e. The fourth-order valence-corrected chi connectivity index (χ4v) is 2.23. The van der Waals surface area contributed by atoms with Crippen LogP contribution in [0.2, 0.25) is 0 Å². The number of nitrogens with two attached hydrogens (primary N) is 1. The van der Waals surface area contributed by atoms with Crippen LogP contribution >= 0.6 is 28.1 Å². The first-order chi connectivity index (χ1) is 9.40. The molecule has 1 amide bonds. The molecule has 1 unspecified atom stereocenters. The number of hydrogen-bond donors (Lipinski definition) is 1. The molecule has 0 aliphatic heterocycles. The van der Waals surface area contributed by atoms with E-state index in [1.807, 2.05) is 13.8 Å². The summed E-state index contributed by atoms with van der Waals surface area (Å²) in [5.74, 6) is 0.564. The fraction of sp³-hybridized carbons (Fsp3) is 0.429. The van der Waals surface area contributed by atoms with Crippen molar-refractivity contribution in [1.29, 1.82) is 0 Å². The number of carbonyl (C=O) groups excluding carboxylic acids is 1. The van der Waals surface area contributed by atoms with Crippen LogP contribution in [0.3, 0.4) is 0 Å². The number of nitrogens with zero attached hydrogens (tertiary/aromatic N) is 1. The lowest BCUT2D eigenvalue weighted by atomic mass is 10.1. The van der Waals surface area contributed by atoms with E-state index in [1.165, 1.54) is 0 Å². The number of hydrogen-bond acceptors (Lipinski definition) is 3. The quantitative estimate of drug-likeness (QED) is 0.794. The number of benzene rings is 1. The predicted molar refractivity (Wildman–Crippen MR) is 88.2 cm³/mol. The second-order valence-electron chi connectivity index (χ2n) is 4.49. The summed E-state index contributed by atoms with van der Waals surface area (Å²) in [5, 5.41) is 0. The predicted octanol–water partition coefficient (Wildman–Crippen LogP) is 2.84. The van der Waals surface area contributed by atoms with Crippen LogP contribution in [0, 0.1) is 5.92 Å². The Kier molecular flexibility index (Phi) is 6.42. The molecule has 2 N–H and O–H groups in total. The third-order valence-electron chi connectivity index (χ3n) is 3.05. The van der Waals surface area contributed by atoms with Crippen LogP contribution in [0.15, 0.2) is 22.7 Å². The van der Waals surface area contributed by atoms with E-state index in [0.717, 1.165) is 4.47 Å². The van der Waals surface area contributed by atoms with Crippen molar-refractivity contribution in [2.45, 2.75) is 13.8 Å². The Morgan fingerprint density at radius 1 is 1.55 bits per heavy atom. The molecule has 6 heteroatoms. The maximum atomic E-state index is 12.6. The molecular weight excluding hydrogens is 340 g/mol. The van der Waals surface area contributed by atoms with Gasteiger partial charge in [0, 0.05) is 23.5 Å². The highest BCUT2D eigenvalue weighted by Crippen LogP contribution is 2.24. The molecule has 0 aliphatic rings. The van der Waals surface area contributed by atoms with Crippen LogP contribution in [-0.2, 0) is 0 Å². The van der Waals surface area contributed by atoms with Gasteiger partial charge in [-0.1, -0.05) is 19.1 Å². The highest BCUT2D eigenvalue weighted by Gasteiger charge is 2.20. The van der Waals surface area contributed by atoms with Gasteiger partial charge >= 0.3 is 0 Å². The molecule has 0 spiro atoms. The van der Waals surface area contributed by atoms with Crippen molar-refractivity contribution in [3.63, 3.8) is 0 Å². The van der Waals surface area contributed by atoms with Crippen molar-refractivity contribution in [3.05, 3.63) is 28.2 Å². The van der Waals surface area contributed by atoms with Crippen LogP contribution in [0.4, 0.5) is 0 Å². The molecule has 1 atom stereocenters. The first kappa shape index (κ1) is 16.9. The number of ether oxygens (including phenoxy) is 1. The Hall–Kier alpha value is -1.14. The van der Waals surface area contributed by atoms with Crippen molar-refractivity contribution < 1.29 is 9.53 Å². The van der Waals surface area contributed by atoms with E-state index in [0.29, 0.717) is 29.4 Å². The highest BCUT2D eigenvalue weighted by molar-refractivity contribution is 9.10. The highest BCUT2D eigenvalue weighted by atomic mass is 79.9.